The van der Waals surface area contributed by atoms with E-state index in [4.69, 9.17) is 10.8 Å². The zero-order valence-corrected chi connectivity index (χ0v) is 21.3. The number of halogens is 1. The molecule has 39 heavy (non-hydrogen) atoms. The van der Waals surface area contributed by atoms with E-state index in [1.165, 1.54) is 23.0 Å². The number of carbonyl (C=O) groups excluding carboxylic acids is 2. The van der Waals surface area contributed by atoms with Crippen molar-refractivity contribution in [3.63, 3.8) is 0 Å². The van der Waals surface area contributed by atoms with Gasteiger partial charge in [-0.05, 0) is 50.5 Å². The quantitative estimate of drug-likeness (QED) is 0.244. The van der Waals surface area contributed by atoms with Crippen molar-refractivity contribution in [1.82, 2.24) is 19.6 Å². The van der Waals surface area contributed by atoms with Crippen LogP contribution in [0.4, 0.5) is 21.6 Å². The molecule has 1 amide bonds. The van der Waals surface area contributed by atoms with Gasteiger partial charge in [-0.2, -0.15) is 0 Å². The van der Waals surface area contributed by atoms with Gasteiger partial charge in [0.15, 0.2) is 17.2 Å². The third kappa shape index (κ3) is 6.48. The first-order chi connectivity index (χ1) is 18.8. The van der Waals surface area contributed by atoms with Crippen LogP contribution >= 0.6 is 0 Å². The Morgan fingerprint density at radius 3 is 2.49 bits per heavy atom. The Balaban J connectivity index is 1.28. The second-order valence-electron chi connectivity index (χ2n) is 10.3. The van der Waals surface area contributed by atoms with Crippen molar-refractivity contribution in [1.29, 1.82) is 0 Å². The average Bonchev–Trinajstić information content (AvgIpc) is 3.61. The number of hydrogen-bond acceptors (Lipinski definition) is 9. The Labute approximate surface area is 223 Å². The van der Waals surface area contributed by atoms with Crippen molar-refractivity contribution >= 4 is 40.5 Å². The molecular formula is C26H31FN8O4. The number of carboxylic acids is 1. The lowest BCUT2D eigenvalue weighted by atomic mass is 9.82. The molecule has 1 atom stereocenters. The van der Waals surface area contributed by atoms with Crippen LogP contribution in [0, 0.1) is 11.7 Å². The number of hydrogen-bond donors (Lipinski definition) is 5. The van der Waals surface area contributed by atoms with E-state index in [0.717, 1.165) is 50.4 Å². The third-order valence-electron chi connectivity index (χ3n) is 7.15. The lowest BCUT2D eigenvalue weighted by Gasteiger charge is -2.29. The second kappa shape index (κ2) is 11.3. The predicted octanol–water partition coefficient (Wildman–Crippen LogP) is 2.82. The van der Waals surface area contributed by atoms with Crippen molar-refractivity contribution in [2.75, 3.05) is 16.0 Å². The Kier molecular flexibility index (Phi) is 7.68. The fraction of sp³-hybridized carbons (Fsp3) is 0.462. The van der Waals surface area contributed by atoms with E-state index in [9.17, 15) is 18.8 Å². The molecule has 0 radical (unpaired) electrons. The summed E-state index contributed by atoms with van der Waals surface area (Å²) in [5, 5.41) is 23.0. The number of carbonyl (C=O) groups is 3. The standard InChI is InChI=1S/C26H31FN8O4/c27-17-12-29-8-7-19(17)33-26(39)21-13-30-25-20(31-15-5-6-15)11-23(34-35(21)25)32-16-3-1-14(2-4-16)9-22(36)18(28)10-24(37)38/h7-8,11-16,18,31H,1-6,9-10,28H2,(H,32,34)(H,37,38)(H,29,33,39)/t14?,16?,18-/m0/s1. The largest absolute Gasteiger partial charge is 0.481 e. The molecule has 0 bridgehead atoms. The molecule has 2 fully saturated rings. The second-order valence-corrected chi connectivity index (χ2v) is 10.3. The van der Waals surface area contributed by atoms with E-state index >= 15 is 0 Å². The Bertz CT molecular complexity index is 1380. The van der Waals surface area contributed by atoms with E-state index < -0.39 is 23.7 Å². The van der Waals surface area contributed by atoms with E-state index in [2.05, 4.69) is 31.0 Å². The number of pyridine rings is 1. The fourth-order valence-corrected chi connectivity index (χ4v) is 4.87. The summed E-state index contributed by atoms with van der Waals surface area (Å²) in [4.78, 5) is 44.2. The molecule has 0 spiro atoms. The van der Waals surface area contributed by atoms with Gasteiger partial charge in [-0.1, -0.05) is 0 Å². The number of anilines is 3. The number of ketones is 1. The summed E-state index contributed by atoms with van der Waals surface area (Å²) in [5.74, 6) is -1.76. The average molecular weight is 539 g/mol. The molecule has 0 aliphatic heterocycles. The molecule has 6 N–H and O–H groups in total. The molecule has 0 aromatic carbocycles. The predicted molar refractivity (Wildman–Crippen MR) is 141 cm³/mol. The minimum Gasteiger partial charge on any atom is -0.481 e. The molecule has 3 heterocycles. The minimum atomic E-state index is -1.08. The Morgan fingerprint density at radius 1 is 1.08 bits per heavy atom. The zero-order chi connectivity index (χ0) is 27.5. The topological polar surface area (TPSA) is 177 Å². The number of aromatic nitrogens is 4. The van der Waals surface area contributed by atoms with Gasteiger partial charge in [-0.25, -0.2) is 13.9 Å². The maximum atomic E-state index is 14.0. The molecular weight excluding hydrogens is 507 g/mol. The highest BCUT2D eigenvalue weighted by Crippen LogP contribution is 2.32. The Hall–Kier alpha value is -4.13. The van der Waals surface area contributed by atoms with Crippen molar-refractivity contribution in [2.45, 2.75) is 69.5 Å². The smallest absolute Gasteiger partial charge is 0.305 e. The number of fused-ring (bicyclic) bond motifs is 1. The number of aliphatic carboxylic acids is 1. The van der Waals surface area contributed by atoms with Crippen LogP contribution in [0.15, 0.2) is 30.7 Å². The monoisotopic (exact) mass is 538 g/mol. The van der Waals surface area contributed by atoms with Gasteiger partial charge >= 0.3 is 5.97 Å². The van der Waals surface area contributed by atoms with Crippen molar-refractivity contribution in [3.8, 4) is 0 Å². The number of rotatable bonds is 11. The normalized spacial score (nSPS) is 19.8. The highest BCUT2D eigenvalue weighted by molar-refractivity contribution is 6.03. The summed E-state index contributed by atoms with van der Waals surface area (Å²) in [5.41, 5.74) is 7.13. The third-order valence-corrected chi connectivity index (χ3v) is 7.15. The van der Waals surface area contributed by atoms with Gasteiger partial charge in [-0.3, -0.25) is 19.4 Å². The van der Waals surface area contributed by atoms with Crippen molar-refractivity contribution in [2.24, 2.45) is 11.7 Å². The van der Waals surface area contributed by atoms with Crippen molar-refractivity contribution < 1.29 is 23.9 Å². The van der Waals surface area contributed by atoms with Gasteiger partial charge in [-0.15, -0.1) is 5.10 Å². The van der Waals surface area contributed by atoms with Crippen LogP contribution in [0.25, 0.3) is 5.65 Å². The lowest BCUT2D eigenvalue weighted by molar-refractivity contribution is -0.139. The molecule has 3 aromatic rings. The molecule has 0 unspecified atom stereocenters. The molecule has 0 saturated heterocycles. The highest BCUT2D eigenvalue weighted by atomic mass is 19.1. The number of nitrogens with two attached hydrogens (primary N) is 1. The first-order valence-electron chi connectivity index (χ1n) is 13.1. The van der Waals surface area contributed by atoms with Crippen LogP contribution in [-0.4, -0.2) is 60.5 Å². The van der Waals surface area contributed by atoms with Gasteiger partial charge < -0.3 is 26.8 Å². The van der Waals surface area contributed by atoms with Gasteiger partial charge in [0.2, 0.25) is 0 Å². The molecule has 12 nitrogen and oxygen atoms in total. The lowest BCUT2D eigenvalue weighted by Crippen LogP contribution is -2.35. The summed E-state index contributed by atoms with van der Waals surface area (Å²) < 4.78 is 15.5. The fourth-order valence-electron chi connectivity index (χ4n) is 4.87. The minimum absolute atomic E-state index is 0.00900. The molecule has 13 heteroatoms. The van der Waals surface area contributed by atoms with Crippen LogP contribution in [0.2, 0.25) is 0 Å². The molecule has 2 aliphatic carbocycles. The number of carboxylic acid groups (broad SMARTS) is 1. The van der Waals surface area contributed by atoms with Crippen LogP contribution in [0.3, 0.4) is 0 Å². The summed E-state index contributed by atoms with van der Waals surface area (Å²) in [6.45, 7) is 0. The van der Waals surface area contributed by atoms with E-state index in [1.807, 2.05) is 6.07 Å². The van der Waals surface area contributed by atoms with Gasteiger partial charge in [0, 0.05) is 30.8 Å². The van der Waals surface area contributed by atoms with Crippen LogP contribution in [0.1, 0.15) is 61.9 Å². The maximum Gasteiger partial charge on any atom is 0.305 e. The summed E-state index contributed by atoms with van der Waals surface area (Å²) in [6.07, 6.45) is 9.05. The number of nitrogens with one attached hydrogen (secondary N) is 3. The van der Waals surface area contributed by atoms with Gasteiger partial charge in [0.25, 0.3) is 5.91 Å². The first kappa shape index (κ1) is 26.5. The van der Waals surface area contributed by atoms with E-state index in [0.29, 0.717) is 17.5 Å². The van der Waals surface area contributed by atoms with Crippen molar-refractivity contribution in [3.05, 3.63) is 42.2 Å². The van der Waals surface area contributed by atoms with Crippen LogP contribution in [0.5, 0.6) is 0 Å². The number of imidazole rings is 1. The van der Waals surface area contributed by atoms with Gasteiger partial charge in [0.1, 0.15) is 11.6 Å². The summed E-state index contributed by atoms with van der Waals surface area (Å²) in [7, 11) is 0. The Morgan fingerprint density at radius 2 is 1.79 bits per heavy atom. The molecule has 2 aliphatic rings. The molecule has 3 aromatic heterocycles. The SMILES string of the molecule is N[C@@H](CC(=O)O)C(=O)CC1CCC(Nc2cc(NC3CC3)c3ncc(C(=O)Nc4ccncc4F)n3n2)CC1. The first-order valence-corrected chi connectivity index (χ1v) is 13.1. The maximum absolute atomic E-state index is 14.0. The molecule has 206 valence electrons. The molecule has 2 saturated carbocycles. The van der Waals surface area contributed by atoms with E-state index in [1.54, 1.807) is 0 Å². The number of Topliss-reactive ketones (excluding diaryl/α,β-unsaturated/α-hetero) is 1. The van der Waals surface area contributed by atoms with E-state index in [-0.39, 0.29) is 42.0 Å². The zero-order valence-electron chi connectivity index (χ0n) is 21.3. The van der Waals surface area contributed by atoms with Gasteiger partial charge in [0.05, 0.1) is 36.2 Å². The molecule has 5 rings (SSSR count). The summed E-state index contributed by atoms with van der Waals surface area (Å²) >= 11 is 0. The van der Waals surface area contributed by atoms with Crippen LogP contribution < -0.4 is 21.7 Å². The van der Waals surface area contributed by atoms with Crippen LogP contribution in [-0.2, 0) is 9.59 Å². The number of amides is 1. The summed E-state index contributed by atoms with van der Waals surface area (Å²) in [6, 6.07) is 2.73. The number of nitrogens with zero attached hydrogens (tertiary/aromatic N) is 4. The highest BCUT2D eigenvalue weighted by Gasteiger charge is 2.28.